The van der Waals surface area contributed by atoms with Gasteiger partial charge in [-0.2, -0.15) is 11.8 Å². The number of halogens is 2. The highest BCUT2D eigenvalue weighted by Crippen LogP contribution is 2.27. The molecular formula is C14H21Cl2NO2S. The minimum absolute atomic E-state index is 0.184. The lowest BCUT2D eigenvalue weighted by Gasteiger charge is -2.16. The SMILES string of the molecule is CSCC(C)CNCC(O)COc1cc(Cl)ccc1Cl. The lowest BCUT2D eigenvalue weighted by molar-refractivity contribution is 0.106. The zero-order valence-electron chi connectivity index (χ0n) is 11.7. The van der Waals surface area contributed by atoms with Crippen LogP contribution in [-0.2, 0) is 0 Å². The molecule has 0 spiro atoms. The van der Waals surface area contributed by atoms with Gasteiger partial charge in [-0.3, -0.25) is 0 Å². The van der Waals surface area contributed by atoms with E-state index in [9.17, 15) is 5.11 Å². The van der Waals surface area contributed by atoms with Gasteiger partial charge in [0.1, 0.15) is 18.5 Å². The Kier molecular flexibility index (Phi) is 8.73. The Bertz CT molecular complexity index is 407. The topological polar surface area (TPSA) is 41.5 Å². The van der Waals surface area contributed by atoms with E-state index < -0.39 is 6.10 Å². The van der Waals surface area contributed by atoms with E-state index in [0.29, 0.717) is 28.3 Å². The molecule has 0 amide bonds. The highest BCUT2D eigenvalue weighted by molar-refractivity contribution is 7.98. The first-order valence-electron chi connectivity index (χ1n) is 6.48. The third-order valence-corrected chi connectivity index (χ3v) is 4.10. The van der Waals surface area contributed by atoms with Gasteiger partial charge >= 0.3 is 0 Å². The van der Waals surface area contributed by atoms with Crippen molar-refractivity contribution >= 4 is 35.0 Å². The first kappa shape index (κ1) is 17.9. The summed E-state index contributed by atoms with van der Waals surface area (Å²) in [7, 11) is 0. The van der Waals surface area contributed by atoms with Crippen LogP contribution < -0.4 is 10.1 Å². The number of nitrogens with one attached hydrogen (secondary N) is 1. The summed E-state index contributed by atoms with van der Waals surface area (Å²) in [4.78, 5) is 0. The Morgan fingerprint density at radius 1 is 1.35 bits per heavy atom. The molecule has 2 N–H and O–H groups in total. The fraction of sp³-hybridized carbons (Fsp3) is 0.571. The molecule has 114 valence electrons. The van der Waals surface area contributed by atoms with Gasteiger partial charge in [-0.25, -0.2) is 0 Å². The van der Waals surface area contributed by atoms with Crippen molar-refractivity contribution < 1.29 is 9.84 Å². The van der Waals surface area contributed by atoms with E-state index >= 15 is 0 Å². The van der Waals surface area contributed by atoms with Crippen LogP contribution in [0, 0.1) is 5.92 Å². The summed E-state index contributed by atoms with van der Waals surface area (Å²) in [5.74, 6) is 2.19. The largest absolute Gasteiger partial charge is 0.489 e. The van der Waals surface area contributed by atoms with Crippen LogP contribution >= 0.6 is 35.0 Å². The smallest absolute Gasteiger partial charge is 0.139 e. The second kappa shape index (κ2) is 9.74. The zero-order valence-corrected chi connectivity index (χ0v) is 14.1. The zero-order chi connectivity index (χ0) is 15.0. The van der Waals surface area contributed by atoms with Crippen LogP contribution in [0.5, 0.6) is 5.75 Å². The number of benzene rings is 1. The van der Waals surface area contributed by atoms with E-state index in [2.05, 4.69) is 18.5 Å². The minimum atomic E-state index is -0.577. The number of aliphatic hydroxyl groups excluding tert-OH is 1. The molecule has 0 bridgehead atoms. The Hall–Kier alpha value is -0.130. The van der Waals surface area contributed by atoms with Crippen molar-refractivity contribution in [2.45, 2.75) is 13.0 Å². The van der Waals surface area contributed by atoms with Gasteiger partial charge in [0.25, 0.3) is 0 Å². The maximum absolute atomic E-state index is 9.84. The van der Waals surface area contributed by atoms with Crippen molar-refractivity contribution in [2.75, 3.05) is 31.7 Å². The van der Waals surface area contributed by atoms with Gasteiger partial charge in [-0.1, -0.05) is 30.1 Å². The lowest BCUT2D eigenvalue weighted by atomic mass is 10.2. The molecule has 2 unspecified atom stereocenters. The van der Waals surface area contributed by atoms with Crippen LogP contribution in [0.15, 0.2) is 18.2 Å². The molecule has 1 aromatic carbocycles. The van der Waals surface area contributed by atoms with Crippen LogP contribution in [0.4, 0.5) is 0 Å². The third-order valence-electron chi connectivity index (χ3n) is 2.65. The maximum Gasteiger partial charge on any atom is 0.139 e. The predicted octanol–water partition coefficient (Wildman–Crippen LogP) is 3.32. The van der Waals surface area contributed by atoms with Gasteiger partial charge in [0.2, 0.25) is 0 Å². The number of rotatable bonds is 9. The second-order valence-electron chi connectivity index (χ2n) is 4.76. The number of hydrogen-bond donors (Lipinski definition) is 2. The minimum Gasteiger partial charge on any atom is -0.489 e. The summed E-state index contributed by atoms with van der Waals surface area (Å²) < 4.78 is 5.47. The average Bonchev–Trinajstić information content (AvgIpc) is 2.40. The third kappa shape index (κ3) is 7.04. The van der Waals surface area contributed by atoms with Crippen LogP contribution in [0.2, 0.25) is 10.0 Å². The molecule has 20 heavy (non-hydrogen) atoms. The van der Waals surface area contributed by atoms with E-state index in [1.54, 1.807) is 18.2 Å². The molecule has 0 aliphatic carbocycles. The maximum atomic E-state index is 9.84. The molecule has 0 aliphatic heterocycles. The van der Waals surface area contributed by atoms with Crippen molar-refractivity contribution in [2.24, 2.45) is 5.92 Å². The van der Waals surface area contributed by atoms with E-state index in [1.165, 1.54) is 0 Å². The van der Waals surface area contributed by atoms with Crippen LogP contribution in [-0.4, -0.2) is 42.9 Å². The van der Waals surface area contributed by atoms with Gasteiger partial charge in [-0.15, -0.1) is 0 Å². The molecule has 0 saturated heterocycles. The lowest BCUT2D eigenvalue weighted by Crippen LogP contribution is -2.34. The number of ether oxygens (including phenoxy) is 1. The van der Waals surface area contributed by atoms with Crippen molar-refractivity contribution in [3.63, 3.8) is 0 Å². The van der Waals surface area contributed by atoms with Gasteiger partial charge < -0.3 is 15.2 Å². The van der Waals surface area contributed by atoms with Gasteiger partial charge in [0, 0.05) is 17.6 Å². The number of hydrogen-bond acceptors (Lipinski definition) is 4. The summed E-state index contributed by atoms with van der Waals surface area (Å²) in [6.45, 7) is 3.74. The van der Waals surface area contributed by atoms with Crippen LogP contribution in [0.1, 0.15) is 6.92 Å². The second-order valence-corrected chi connectivity index (χ2v) is 6.51. The Morgan fingerprint density at radius 3 is 2.80 bits per heavy atom. The summed E-state index contributed by atoms with van der Waals surface area (Å²) in [6.07, 6.45) is 1.51. The molecule has 0 heterocycles. The average molecular weight is 338 g/mol. The van der Waals surface area contributed by atoms with Gasteiger partial charge in [-0.05, 0) is 36.6 Å². The van der Waals surface area contributed by atoms with Crippen molar-refractivity contribution in [1.82, 2.24) is 5.32 Å². The van der Waals surface area contributed by atoms with E-state index in [4.69, 9.17) is 27.9 Å². The molecule has 0 saturated carbocycles. The number of aliphatic hydroxyl groups is 1. The van der Waals surface area contributed by atoms with E-state index in [-0.39, 0.29) is 6.61 Å². The van der Waals surface area contributed by atoms with Crippen molar-refractivity contribution in [3.05, 3.63) is 28.2 Å². The van der Waals surface area contributed by atoms with Crippen molar-refractivity contribution in [3.8, 4) is 5.75 Å². The van der Waals surface area contributed by atoms with Crippen LogP contribution in [0.25, 0.3) is 0 Å². The molecule has 1 aromatic rings. The first-order chi connectivity index (χ1) is 9.52. The summed E-state index contributed by atoms with van der Waals surface area (Å²) in [5, 5.41) is 14.1. The molecule has 6 heteroatoms. The molecule has 0 radical (unpaired) electrons. The predicted molar refractivity (Wildman–Crippen MR) is 88.4 cm³/mol. The highest BCUT2D eigenvalue weighted by atomic mass is 35.5. The molecular weight excluding hydrogens is 317 g/mol. The number of thioether (sulfide) groups is 1. The fourth-order valence-corrected chi connectivity index (χ4v) is 2.69. The molecule has 2 atom stereocenters. The van der Waals surface area contributed by atoms with Gasteiger partial charge in [0.05, 0.1) is 5.02 Å². The molecule has 3 nitrogen and oxygen atoms in total. The Morgan fingerprint density at radius 2 is 2.10 bits per heavy atom. The Balaban J connectivity index is 2.26. The first-order valence-corrected chi connectivity index (χ1v) is 8.63. The molecule has 0 fully saturated rings. The summed E-state index contributed by atoms with van der Waals surface area (Å²) in [5.41, 5.74) is 0. The van der Waals surface area contributed by atoms with Crippen LogP contribution in [0.3, 0.4) is 0 Å². The fourth-order valence-electron chi connectivity index (χ4n) is 1.67. The van der Waals surface area contributed by atoms with E-state index in [0.717, 1.165) is 12.3 Å². The molecule has 1 rings (SSSR count). The normalized spacial score (nSPS) is 14.1. The molecule has 0 aliphatic rings. The van der Waals surface area contributed by atoms with Gasteiger partial charge in [0.15, 0.2) is 0 Å². The van der Waals surface area contributed by atoms with E-state index in [1.807, 2.05) is 11.8 Å². The highest BCUT2D eigenvalue weighted by Gasteiger charge is 2.09. The molecule has 0 aromatic heterocycles. The van der Waals surface area contributed by atoms with Crippen molar-refractivity contribution in [1.29, 1.82) is 0 Å². The standard InChI is InChI=1S/C14H21Cl2NO2S/c1-10(9-20-2)6-17-7-12(18)8-19-14-5-11(15)3-4-13(14)16/h3-5,10,12,17-18H,6-9H2,1-2H3. The Labute approximate surface area is 135 Å². The summed E-state index contributed by atoms with van der Waals surface area (Å²) >= 11 is 13.7. The quantitative estimate of drug-likeness (QED) is 0.725. The summed E-state index contributed by atoms with van der Waals surface area (Å²) in [6, 6.07) is 5.01. The monoisotopic (exact) mass is 337 g/mol.